The van der Waals surface area contributed by atoms with Crippen LogP contribution >= 0.6 is 15.9 Å². The molecular formula is C14H9BrO4. The first-order valence-electron chi connectivity index (χ1n) is 5.35. The summed E-state index contributed by atoms with van der Waals surface area (Å²) in [6.45, 7) is 0. The minimum Gasteiger partial charge on any atom is -0.478 e. The first-order valence-corrected chi connectivity index (χ1v) is 6.15. The van der Waals surface area contributed by atoms with Crippen molar-refractivity contribution in [3.05, 3.63) is 58.1 Å². The number of halogens is 1. The van der Waals surface area contributed by atoms with Crippen molar-refractivity contribution in [1.29, 1.82) is 0 Å². The van der Waals surface area contributed by atoms with Gasteiger partial charge in [-0.3, -0.25) is 0 Å². The summed E-state index contributed by atoms with van der Waals surface area (Å²) in [6, 6.07) is 11.1. The third kappa shape index (κ3) is 2.82. The smallest absolute Gasteiger partial charge is 0.335 e. The van der Waals surface area contributed by atoms with Crippen molar-refractivity contribution in [2.24, 2.45) is 0 Å². The van der Waals surface area contributed by atoms with Gasteiger partial charge in [-0.25, -0.2) is 9.59 Å². The van der Waals surface area contributed by atoms with Crippen LogP contribution in [0.5, 0.6) is 0 Å². The number of rotatable bonds is 3. The minimum absolute atomic E-state index is 0.192. The number of hydrogen-bond acceptors (Lipinski definition) is 2. The largest absolute Gasteiger partial charge is 0.478 e. The van der Waals surface area contributed by atoms with Crippen LogP contribution in [0.3, 0.4) is 0 Å². The highest BCUT2D eigenvalue weighted by atomic mass is 79.9. The molecule has 0 saturated heterocycles. The van der Waals surface area contributed by atoms with Crippen molar-refractivity contribution in [2.45, 2.75) is 0 Å². The maximum Gasteiger partial charge on any atom is 0.335 e. The molecule has 2 aromatic carbocycles. The van der Waals surface area contributed by atoms with E-state index in [4.69, 9.17) is 10.2 Å². The van der Waals surface area contributed by atoms with Gasteiger partial charge in [0.2, 0.25) is 0 Å². The molecule has 2 aromatic rings. The summed E-state index contributed by atoms with van der Waals surface area (Å²) in [4.78, 5) is 21.6. The molecule has 0 atom stereocenters. The molecule has 0 radical (unpaired) electrons. The number of carbonyl (C=O) groups is 2. The highest BCUT2D eigenvalue weighted by molar-refractivity contribution is 9.10. The Morgan fingerprint density at radius 1 is 0.842 bits per heavy atom. The number of aromatic carboxylic acids is 2. The van der Waals surface area contributed by atoms with Gasteiger partial charge >= 0.3 is 11.9 Å². The van der Waals surface area contributed by atoms with Gasteiger partial charge in [-0.1, -0.05) is 34.1 Å². The molecule has 0 unspecified atom stereocenters. The Bertz CT molecular complexity index is 647. The zero-order valence-electron chi connectivity index (χ0n) is 9.63. The zero-order valence-corrected chi connectivity index (χ0v) is 11.2. The van der Waals surface area contributed by atoms with Gasteiger partial charge in [0.15, 0.2) is 0 Å². The molecular weight excluding hydrogens is 312 g/mol. The fraction of sp³-hybridized carbons (Fsp3) is 0. The van der Waals surface area contributed by atoms with Gasteiger partial charge in [-0.15, -0.1) is 0 Å². The lowest BCUT2D eigenvalue weighted by Gasteiger charge is -2.06. The molecule has 0 aliphatic rings. The first kappa shape index (κ1) is 13.3. The molecule has 0 aromatic heterocycles. The minimum atomic E-state index is -0.992. The first-order chi connectivity index (χ1) is 8.99. The molecule has 4 nitrogen and oxygen atoms in total. The molecule has 0 fully saturated rings. The molecule has 0 spiro atoms. The summed E-state index contributed by atoms with van der Waals surface area (Å²) in [7, 11) is 0. The predicted molar refractivity (Wildman–Crippen MR) is 73.5 cm³/mol. The second-order valence-electron chi connectivity index (χ2n) is 3.88. The Labute approximate surface area is 117 Å². The van der Waals surface area contributed by atoms with Crippen LogP contribution in [0.4, 0.5) is 0 Å². The Hall–Kier alpha value is -2.14. The van der Waals surface area contributed by atoms with Gasteiger partial charge in [-0.2, -0.15) is 0 Å². The Balaban J connectivity index is 2.41. The zero-order chi connectivity index (χ0) is 14.0. The van der Waals surface area contributed by atoms with Crippen molar-refractivity contribution < 1.29 is 19.8 Å². The van der Waals surface area contributed by atoms with Gasteiger partial charge in [0.05, 0.1) is 11.1 Å². The van der Waals surface area contributed by atoms with Crippen molar-refractivity contribution in [2.75, 3.05) is 0 Å². The molecule has 0 bridgehead atoms. The van der Waals surface area contributed by atoms with Gasteiger partial charge in [0.25, 0.3) is 0 Å². The quantitative estimate of drug-likeness (QED) is 0.907. The lowest BCUT2D eigenvalue weighted by Crippen LogP contribution is -1.97. The van der Waals surface area contributed by atoms with E-state index in [0.29, 0.717) is 4.47 Å². The van der Waals surface area contributed by atoms with Crippen LogP contribution in [-0.4, -0.2) is 22.2 Å². The lowest BCUT2D eigenvalue weighted by molar-refractivity contribution is 0.0686. The van der Waals surface area contributed by atoms with E-state index in [0.717, 1.165) is 11.1 Å². The summed E-state index contributed by atoms with van der Waals surface area (Å²) in [5.74, 6) is -1.97. The van der Waals surface area contributed by atoms with Crippen molar-refractivity contribution in [3.63, 3.8) is 0 Å². The van der Waals surface area contributed by atoms with Gasteiger partial charge in [-0.05, 0) is 35.4 Å². The maximum atomic E-state index is 10.8. The van der Waals surface area contributed by atoms with E-state index in [1.165, 1.54) is 24.3 Å². The van der Waals surface area contributed by atoms with Crippen LogP contribution in [0.2, 0.25) is 0 Å². The number of benzene rings is 2. The third-order valence-electron chi connectivity index (χ3n) is 2.66. The van der Waals surface area contributed by atoms with Crippen molar-refractivity contribution in [1.82, 2.24) is 0 Å². The van der Waals surface area contributed by atoms with E-state index in [9.17, 15) is 9.59 Å². The van der Waals surface area contributed by atoms with Crippen LogP contribution < -0.4 is 0 Å². The summed E-state index contributed by atoms with van der Waals surface area (Å²) in [6.07, 6.45) is 0. The van der Waals surface area contributed by atoms with Crippen LogP contribution in [0, 0.1) is 0 Å². The van der Waals surface area contributed by atoms with Crippen LogP contribution in [-0.2, 0) is 0 Å². The highest BCUT2D eigenvalue weighted by Crippen LogP contribution is 2.29. The van der Waals surface area contributed by atoms with Crippen molar-refractivity contribution >= 4 is 27.9 Å². The van der Waals surface area contributed by atoms with E-state index in [1.807, 2.05) is 0 Å². The molecule has 2 rings (SSSR count). The number of carboxylic acids is 2. The van der Waals surface area contributed by atoms with E-state index in [2.05, 4.69) is 15.9 Å². The molecule has 5 heteroatoms. The molecule has 0 aliphatic heterocycles. The topological polar surface area (TPSA) is 74.6 Å². The summed E-state index contributed by atoms with van der Waals surface area (Å²) < 4.78 is 0.649. The molecule has 0 amide bonds. The number of carboxylic acid groups (broad SMARTS) is 2. The average Bonchev–Trinajstić information content (AvgIpc) is 2.38. The second-order valence-corrected chi connectivity index (χ2v) is 4.74. The average molecular weight is 321 g/mol. The fourth-order valence-corrected chi connectivity index (χ4v) is 2.28. The molecule has 19 heavy (non-hydrogen) atoms. The normalized spacial score (nSPS) is 10.2. The van der Waals surface area contributed by atoms with Crippen LogP contribution in [0.15, 0.2) is 46.9 Å². The predicted octanol–water partition coefficient (Wildman–Crippen LogP) is 3.51. The van der Waals surface area contributed by atoms with E-state index < -0.39 is 11.9 Å². The Morgan fingerprint density at radius 2 is 1.37 bits per heavy atom. The highest BCUT2D eigenvalue weighted by Gasteiger charge is 2.09. The summed E-state index contributed by atoms with van der Waals surface area (Å²) >= 11 is 3.32. The number of hydrogen-bond donors (Lipinski definition) is 2. The van der Waals surface area contributed by atoms with E-state index in [1.54, 1.807) is 18.2 Å². The summed E-state index contributed by atoms with van der Waals surface area (Å²) in [5, 5.41) is 17.7. The van der Waals surface area contributed by atoms with Crippen LogP contribution in [0.1, 0.15) is 20.7 Å². The van der Waals surface area contributed by atoms with Crippen molar-refractivity contribution in [3.8, 4) is 11.1 Å². The Kier molecular flexibility index (Phi) is 3.66. The van der Waals surface area contributed by atoms with E-state index >= 15 is 0 Å². The fourth-order valence-electron chi connectivity index (χ4n) is 1.67. The SMILES string of the molecule is O=C(O)c1ccc(-c2ccc(C(=O)O)cc2Br)cc1. The Morgan fingerprint density at radius 3 is 1.84 bits per heavy atom. The van der Waals surface area contributed by atoms with Crippen LogP contribution in [0.25, 0.3) is 11.1 Å². The lowest BCUT2D eigenvalue weighted by atomic mass is 10.0. The molecule has 2 N–H and O–H groups in total. The summed E-state index contributed by atoms with van der Waals surface area (Å²) in [5.41, 5.74) is 2.02. The van der Waals surface area contributed by atoms with Gasteiger partial charge in [0.1, 0.15) is 0 Å². The standard InChI is InChI=1S/C14H9BrO4/c15-12-7-10(14(18)19)5-6-11(12)8-1-3-9(4-2-8)13(16)17/h1-7H,(H,16,17)(H,18,19). The molecule has 0 heterocycles. The van der Waals surface area contributed by atoms with Gasteiger partial charge < -0.3 is 10.2 Å². The monoisotopic (exact) mass is 320 g/mol. The second kappa shape index (κ2) is 5.24. The van der Waals surface area contributed by atoms with E-state index in [-0.39, 0.29) is 11.1 Å². The van der Waals surface area contributed by atoms with Gasteiger partial charge in [0, 0.05) is 4.47 Å². The third-order valence-corrected chi connectivity index (χ3v) is 3.31. The molecule has 96 valence electrons. The molecule has 0 saturated carbocycles. The maximum absolute atomic E-state index is 10.8. The molecule has 0 aliphatic carbocycles.